The molecular formula is C48H29N5. The van der Waals surface area contributed by atoms with Crippen molar-refractivity contribution in [2.45, 2.75) is 0 Å². The Hall–Kier alpha value is -7.24. The molecule has 1 aliphatic rings. The quantitative estimate of drug-likeness (QED) is 0.182. The molecule has 1 aliphatic carbocycles. The van der Waals surface area contributed by atoms with E-state index in [-0.39, 0.29) is 0 Å². The van der Waals surface area contributed by atoms with Crippen LogP contribution in [0.5, 0.6) is 0 Å². The second-order valence-corrected chi connectivity index (χ2v) is 13.5. The molecule has 0 saturated heterocycles. The Bertz CT molecular complexity index is 2970. The lowest BCUT2D eigenvalue weighted by Gasteiger charge is -2.15. The number of pyridine rings is 1. The summed E-state index contributed by atoms with van der Waals surface area (Å²) in [5.74, 6) is 1.92. The number of hydrogen-bond acceptors (Lipinski definition) is 4. The fraction of sp³-hybridized carbons (Fsp3) is 0. The van der Waals surface area contributed by atoms with E-state index in [2.05, 4.69) is 108 Å². The largest absolute Gasteiger partial charge is 0.309 e. The summed E-state index contributed by atoms with van der Waals surface area (Å²) < 4.78 is 2.41. The summed E-state index contributed by atoms with van der Waals surface area (Å²) in [5, 5.41) is 5.05. The van der Waals surface area contributed by atoms with Crippen molar-refractivity contribution in [3.63, 3.8) is 0 Å². The minimum absolute atomic E-state index is 0.632. The molecule has 11 rings (SSSR count). The molecule has 3 aromatic heterocycles. The van der Waals surface area contributed by atoms with E-state index in [1.54, 1.807) is 0 Å². The molecular weight excluding hydrogens is 647 g/mol. The normalized spacial score (nSPS) is 11.8. The topological polar surface area (TPSA) is 56.5 Å². The van der Waals surface area contributed by atoms with Crippen LogP contribution >= 0.6 is 0 Å². The van der Waals surface area contributed by atoms with Crippen LogP contribution in [0.2, 0.25) is 0 Å². The molecule has 0 amide bonds. The third kappa shape index (κ3) is 4.64. The third-order valence-corrected chi connectivity index (χ3v) is 10.4. The van der Waals surface area contributed by atoms with E-state index in [1.165, 1.54) is 43.8 Å². The average molecular weight is 676 g/mol. The van der Waals surface area contributed by atoms with Gasteiger partial charge in [0.25, 0.3) is 0 Å². The van der Waals surface area contributed by atoms with Crippen LogP contribution in [0.1, 0.15) is 0 Å². The van der Waals surface area contributed by atoms with Crippen LogP contribution in [0, 0.1) is 0 Å². The van der Waals surface area contributed by atoms with Gasteiger partial charge in [-0.3, -0.25) is 4.98 Å². The fourth-order valence-corrected chi connectivity index (χ4v) is 8.05. The number of nitrogens with zero attached hydrogens (tertiary/aromatic N) is 5. The molecule has 0 spiro atoms. The van der Waals surface area contributed by atoms with Crippen LogP contribution in [0.25, 0.3) is 106 Å². The van der Waals surface area contributed by atoms with Gasteiger partial charge in [-0.05, 0) is 87.6 Å². The Kier molecular flexibility index (Phi) is 6.48. The molecule has 0 N–H and O–H groups in total. The summed E-state index contributed by atoms with van der Waals surface area (Å²) in [5.41, 5.74) is 13.2. The summed E-state index contributed by atoms with van der Waals surface area (Å²) in [6.07, 6.45) is 1.87. The van der Waals surface area contributed by atoms with Gasteiger partial charge >= 0.3 is 0 Å². The lowest BCUT2D eigenvalue weighted by atomic mass is 9.92. The van der Waals surface area contributed by atoms with Crippen LogP contribution in [-0.2, 0) is 0 Å². The first-order valence-electron chi connectivity index (χ1n) is 17.8. The van der Waals surface area contributed by atoms with Crippen LogP contribution in [0.15, 0.2) is 176 Å². The zero-order valence-corrected chi connectivity index (χ0v) is 28.5. The van der Waals surface area contributed by atoms with Crippen molar-refractivity contribution >= 4 is 32.6 Å². The Morgan fingerprint density at radius 3 is 1.62 bits per heavy atom. The van der Waals surface area contributed by atoms with Crippen molar-refractivity contribution < 1.29 is 0 Å². The molecule has 5 heteroatoms. The molecule has 5 nitrogen and oxygen atoms in total. The SMILES string of the molecule is c1ccc(-c2nc(-c3ccccc3)nc(-c3ccc(-n4c5cc(-c6ccccn6)cc6c5c5c7c(cccc7ccc54)-c4ccccc4-6)cc3)n2)cc1. The lowest BCUT2D eigenvalue weighted by Crippen LogP contribution is -2.00. The zero-order chi connectivity index (χ0) is 34.9. The molecule has 0 aliphatic heterocycles. The highest BCUT2D eigenvalue weighted by atomic mass is 15.0. The van der Waals surface area contributed by atoms with Gasteiger partial charge in [0.2, 0.25) is 0 Å². The molecule has 246 valence electrons. The van der Waals surface area contributed by atoms with Gasteiger partial charge in [-0.15, -0.1) is 0 Å². The standard InChI is InChI=1S/C48H29N5/c1-3-12-31(13-4-1)46-50-47(32-14-5-2-6-15-32)52-48(51-46)33-21-24-35(25-22-33)53-41-26-23-30-16-11-19-38-36-17-7-8-18-37(36)39-28-34(40-20-9-10-27-49-40)29-42(53)44(39)45(41)43(30)38/h1-29H. The summed E-state index contributed by atoms with van der Waals surface area (Å²) in [7, 11) is 0. The number of hydrogen-bond donors (Lipinski definition) is 0. The maximum Gasteiger partial charge on any atom is 0.164 e. The Morgan fingerprint density at radius 1 is 0.358 bits per heavy atom. The van der Waals surface area contributed by atoms with Crippen molar-refractivity contribution in [3.05, 3.63) is 176 Å². The first kappa shape index (κ1) is 29.5. The number of rotatable bonds is 5. The van der Waals surface area contributed by atoms with Gasteiger partial charge in [-0.2, -0.15) is 0 Å². The first-order chi connectivity index (χ1) is 26.3. The second kappa shape index (κ2) is 11.7. The first-order valence-corrected chi connectivity index (χ1v) is 17.8. The van der Waals surface area contributed by atoms with Gasteiger partial charge in [-0.25, -0.2) is 15.0 Å². The van der Waals surface area contributed by atoms with E-state index < -0.39 is 0 Å². The number of benzene rings is 7. The number of fused-ring (bicyclic) bond motifs is 3. The Labute approximate surface area is 305 Å². The van der Waals surface area contributed by atoms with Crippen molar-refractivity contribution in [2.24, 2.45) is 0 Å². The van der Waals surface area contributed by atoms with E-state index in [0.717, 1.165) is 44.7 Å². The summed E-state index contributed by atoms with van der Waals surface area (Å²) >= 11 is 0. The van der Waals surface area contributed by atoms with Crippen molar-refractivity contribution in [3.8, 4) is 73.4 Å². The van der Waals surface area contributed by atoms with Crippen molar-refractivity contribution in [1.29, 1.82) is 0 Å². The molecule has 10 aromatic rings. The molecule has 0 fully saturated rings. The Balaban J connectivity index is 1.16. The molecule has 7 aromatic carbocycles. The number of aromatic nitrogens is 5. The van der Waals surface area contributed by atoms with Gasteiger partial charge in [0.1, 0.15) is 0 Å². The van der Waals surface area contributed by atoms with Gasteiger partial charge in [-0.1, -0.05) is 115 Å². The molecule has 0 atom stereocenters. The predicted molar refractivity (Wildman–Crippen MR) is 216 cm³/mol. The summed E-state index contributed by atoms with van der Waals surface area (Å²) in [4.78, 5) is 19.7. The molecule has 0 saturated carbocycles. The van der Waals surface area contributed by atoms with Crippen LogP contribution in [0.4, 0.5) is 0 Å². The van der Waals surface area contributed by atoms with Crippen LogP contribution in [0.3, 0.4) is 0 Å². The van der Waals surface area contributed by atoms with Gasteiger partial charge in [0.05, 0.1) is 16.7 Å². The van der Waals surface area contributed by atoms with Gasteiger partial charge in [0, 0.05) is 44.9 Å². The van der Waals surface area contributed by atoms with Crippen LogP contribution < -0.4 is 0 Å². The van der Waals surface area contributed by atoms with Gasteiger partial charge < -0.3 is 4.57 Å². The third-order valence-electron chi connectivity index (χ3n) is 10.4. The minimum atomic E-state index is 0.632. The molecule has 0 unspecified atom stereocenters. The van der Waals surface area contributed by atoms with Crippen molar-refractivity contribution in [1.82, 2.24) is 24.5 Å². The maximum absolute atomic E-state index is 4.99. The highest BCUT2D eigenvalue weighted by molar-refractivity contribution is 6.30. The second-order valence-electron chi connectivity index (χ2n) is 13.5. The van der Waals surface area contributed by atoms with Crippen molar-refractivity contribution in [2.75, 3.05) is 0 Å². The highest BCUT2D eigenvalue weighted by Gasteiger charge is 2.26. The van der Waals surface area contributed by atoms with E-state index in [4.69, 9.17) is 19.9 Å². The van der Waals surface area contributed by atoms with E-state index in [1.807, 2.05) is 72.9 Å². The maximum atomic E-state index is 4.99. The summed E-state index contributed by atoms with van der Waals surface area (Å²) in [6.45, 7) is 0. The monoisotopic (exact) mass is 675 g/mol. The van der Waals surface area contributed by atoms with E-state index in [9.17, 15) is 0 Å². The summed E-state index contributed by atoms with van der Waals surface area (Å²) in [6, 6.07) is 59.6. The highest BCUT2D eigenvalue weighted by Crippen LogP contribution is 2.50. The average Bonchev–Trinajstić information content (AvgIpc) is 3.52. The molecule has 53 heavy (non-hydrogen) atoms. The molecule has 0 radical (unpaired) electrons. The minimum Gasteiger partial charge on any atom is -0.309 e. The van der Waals surface area contributed by atoms with Crippen LogP contribution in [-0.4, -0.2) is 24.5 Å². The zero-order valence-electron chi connectivity index (χ0n) is 28.5. The predicted octanol–water partition coefficient (Wildman–Crippen LogP) is 11.8. The Morgan fingerprint density at radius 2 is 0.962 bits per heavy atom. The smallest absolute Gasteiger partial charge is 0.164 e. The van der Waals surface area contributed by atoms with E-state index >= 15 is 0 Å². The fourth-order valence-electron chi connectivity index (χ4n) is 8.05. The molecule has 3 heterocycles. The van der Waals surface area contributed by atoms with E-state index in [0.29, 0.717) is 17.5 Å². The lowest BCUT2D eigenvalue weighted by molar-refractivity contribution is 1.07. The van der Waals surface area contributed by atoms with Gasteiger partial charge in [0.15, 0.2) is 17.5 Å². The molecule has 0 bridgehead atoms.